The number of nitrogens with one attached hydrogen (secondary N) is 1. The molecule has 4 rings (SSSR count). The maximum atomic E-state index is 11.5. The van der Waals surface area contributed by atoms with E-state index in [0.29, 0.717) is 17.2 Å². The molecule has 0 spiro atoms. The van der Waals surface area contributed by atoms with Crippen molar-refractivity contribution in [3.8, 4) is 17.2 Å². The van der Waals surface area contributed by atoms with Crippen molar-refractivity contribution in [2.24, 2.45) is 0 Å². The molecule has 0 fully saturated rings. The normalized spacial score (nSPS) is 11.6. The summed E-state index contributed by atoms with van der Waals surface area (Å²) in [5.41, 5.74) is 3.85. The van der Waals surface area contributed by atoms with Gasteiger partial charge in [-0.15, -0.1) is 0 Å². The standard InChI is InChI=1S/C25H25NO4/c1-2-3-14-29-19-7-4-6-17(15-19)10-11-18-12-13-21-23(16-18)30-22-9-5-8-20(25(27)28)24(22)26-21/h4-9,12-13,15-16,26H,2-3,10-11,14H2,1H3,(H,27,28). The summed E-state index contributed by atoms with van der Waals surface area (Å²) in [6.07, 6.45) is 3.95. The third-order valence-corrected chi connectivity index (χ3v) is 5.15. The van der Waals surface area contributed by atoms with Crippen molar-refractivity contribution < 1.29 is 19.4 Å². The number of aryl methyl sites for hydroxylation is 2. The highest BCUT2D eigenvalue weighted by Crippen LogP contribution is 2.43. The lowest BCUT2D eigenvalue weighted by Crippen LogP contribution is -2.09. The monoisotopic (exact) mass is 403 g/mol. The van der Waals surface area contributed by atoms with Gasteiger partial charge in [-0.05, 0) is 66.8 Å². The molecule has 0 saturated heterocycles. The number of unbranched alkanes of at least 4 members (excludes halogenated alkanes) is 1. The average molecular weight is 403 g/mol. The van der Waals surface area contributed by atoms with Crippen LogP contribution in [0.2, 0.25) is 0 Å². The molecule has 0 aliphatic carbocycles. The van der Waals surface area contributed by atoms with Gasteiger partial charge in [0.15, 0.2) is 11.5 Å². The first kappa shape index (κ1) is 19.8. The van der Waals surface area contributed by atoms with Crippen molar-refractivity contribution in [2.45, 2.75) is 32.6 Å². The van der Waals surface area contributed by atoms with E-state index < -0.39 is 5.97 Å². The number of anilines is 2. The molecule has 0 radical (unpaired) electrons. The zero-order chi connectivity index (χ0) is 20.9. The van der Waals surface area contributed by atoms with Crippen molar-refractivity contribution >= 4 is 17.3 Å². The number of aromatic carboxylic acids is 1. The van der Waals surface area contributed by atoms with Crippen LogP contribution in [0.4, 0.5) is 11.4 Å². The number of carboxylic acids is 1. The number of benzene rings is 3. The highest BCUT2D eigenvalue weighted by atomic mass is 16.5. The lowest BCUT2D eigenvalue weighted by Gasteiger charge is -2.23. The van der Waals surface area contributed by atoms with Crippen LogP contribution >= 0.6 is 0 Å². The molecule has 1 aliphatic rings. The number of ether oxygens (including phenoxy) is 2. The maximum absolute atomic E-state index is 11.5. The number of hydrogen-bond acceptors (Lipinski definition) is 4. The van der Waals surface area contributed by atoms with Crippen LogP contribution in [0.15, 0.2) is 60.7 Å². The second-order valence-corrected chi connectivity index (χ2v) is 7.39. The Hall–Kier alpha value is -3.47. The zero-order valence-electron chi connectivity index (χ0n) is 17.0. The Morgan fingerprint density at radius 2 is 1.80 bits per heavy atom. The van der Waals surface area contributed by atoms with E-state index in [0.717, 1.165) is 49.3 Å². The minimum absolute atomic E-state index is 0.197. The molecule has 3 aromatic carbocycles. The van der Waals surface area contributed by atoms with Crippen LogP contribution in [-0.4, -0.2) is 17.7 Å². The molecule has 0 unspecified atom stereocenters. The SMILES string of the molecule is CCCCOc1cccc(CCc2ccc3c(c2)Oc2cccc(C(=O)O)c2N3)c1. The number of fused-ring (bicyclic) bond motifs is 2. The summed E-state index contributed by atoms with van der Waals surface area (Å²) in [5.74, 6) is 1.17. The van der Waals surface area contributed by atoms with E-state index in [1.54, 1.807) is 18.2 Å². The zero-order valence-corrected chi connectivity index (χ0v) is 17.0. The molecule has 0 amide bonds. The van der Waals surface area contributed by atoms with Crippen molar-refractivity contribution in [3.05, 3.63) is 77.4 Å². The number of carboxylic acid groups (broad SMARTS) is 1. The second kappa shape index (κ2) is 8.91. The Morgan fingerprint density at radius 1 is 1.00 bits per heavy atom. The number of rotatable bonds is 8. The Balaban J connectivity index is 1.44. The lowest BCUT2D eigenvalue weighted by atomic mass is 10.0. The van der Waals surface area contributed by atoms with E-state index in [4.69, 9.17) is 9.47 Å². The predicted molar refractivity (Wildman–Crippen MR) is 117 cm³/mol. The minimum Gasteiger partial charge on any atom is -0.494 e. The van der Waals surface area contributed by atoms with Crippen LogP contribution in [0.25, 0.3) is 0 Å². The summed E-state index contributed by atoms with van der Waals surface area (Å²) >= 11 is 0. The fraction of sp³-hybridized carbons (Fsp3) is 0.240. The highest BCUT2D eigenvalue weighted by molar-refractivity contribution is 5.98. The van der Waals surface area contributed by atoms with Gasteiger partial charge in [-0.25, -0.2) is 4.79 Å². The molecule has 1 heterocycles. The molecule has 0 saturated carbocycles. The average Bonchev–Trinajstić information content (AvgIpc) is 2.76. The Kier molecular flexibility index (Phi) is 5.89. The molecule has 5 heteroatoms. The molecule has 0 bridgehead atoms. The van der Waals surface area contributed by atoms with Crippen LogP contribution in [0.3, 0.4) is 0 Å². The first-order valence-corrected chi connectivity index (χ1v) is 10.3. The number of para-hydroxylation sites is 1. The highest BCUT2D eigenvalue weighted by Gasteiger charge is 2.22. The summed E-state index contributed by atoms with van der Waals surface area (Å²) in [6.45, 7) is 2.90. The van der Waals surface area contributed by atoms with Gasteiger partial charge in [0.2, 0.25) is 0 Å². The van der Waals surface area contributed by atoms with E-state index in [-0.39, 0.29) is 5.56 Å². The first-order chi connectivity index (χ1) is 14.6. The molecule has 1 aliphatic heterocycles. The van der Waals surface area contributed by atoms with E-state index in [1.165, 1.54) is 5.56 Å². The van der Waals surface area contributed by atoms with Crippen molar-refractivity contribution in [1.29, 1.82) is 0 Å². The Morgan fingerprint density at radius 3 is 2.60 bits per heavy atom. The maximum Gasteiger partial charge on any atom is 0.337 e. The minimum atomic E-state index is -0.982. The molecule has 3 aromatic rings. The topological polar surface area (TPSA) is 67.8 Å². The molecule has 2 N–H and O–H groups in total. The number of hydrogen-bond donors (Lipinski definition) is 2. The molecular weight excluding hydrogens is 378 g/mol. The lowest BCUT2D eigenvalue weighted by molar-refractivity contribution is 0.0697. The molecule has 0 atom stereocenters. The van der Waals surface area contributed by atoms with Crippen LogP contribution < -0.4 is 14.8 Å². The third-order valence-electron chi connectivity index (χ3n) is 5.15. The number of carbonyl (C=O) groups is 1. The van der Waals surface area contributed by atoms with Crippen LogP contribution in [0.5, 0.6) is 17.2 Å². The van der Waals surface area contributed by atoms with Crippen molar-refractivity contribution in [3.63, 3.8) is 0 Å². The van der Waals surface area contributed by atoms with Gasteiger partial charge in [0.1, 0.15) is 5.75 Å². The molecule has 30 heavy (non-hydrogen) atoms. The van der Waals surface area contributed by atoms with Crippen LogP contribution in [0, 0.1) is 0 Å². The third kappa shape index (κ3) is 4.40. The van der Waals surface area contributed by atoms with Gasteiger partial charge < -0.3 is 19.9 Å². The smallest absolute Gasteiger partial charge is 0.337 e. The van der Waals surface area contributed by atoms with Gasteiger partial charge >= 0.3 is 5.97 Å². The van der Waals surface area contributed by atoms with Crippen LogP contribution in [0.1, 0.15) is 41.3 Å². The van der Waals surface area contributed by atoms with Gasteiger partial charge in [0.05, 0.1) is 23.5 Å². The van der Waals surface area contributed by atoms with Gasteiger partial charge in [-0.2, -0.15) is 0 Å². The van der Waals surface area contributed by atoms with E-state index in [1.807, 2.05) is 30.3 Å². The van der Waals surface area contributed by atoms with E-state index in [2.05, 4.69) is 24.4 Å². The van der Waals surface area contributed by atoms with Gasteiger partial charge in [-0.3, -0.25) is 0 Å². The van der Waals surface area contributed by atoms with Crippen molar-refractivity contribution in [1.82, 2.24) is 0 Å². The van der Waals surface area contributed by atoms with Crippen LogP contribution in [-0.2, 0) is 12.8 Å². The first-order valence-electron chi connectivity index (χ1n) is 10.3. The Bertz CT molecular complexity index is 1060. The summed E-state index contributed by atoms with van der Waals surface area (Å²) in [5, 5.41) is 12.6. The van der Waals surface area contributed by atoms with Crippen molar-refractivity contribution in [2.75, 3.05) is 11.9 Å². The summed E-state index contributed by atoms with van der Waals surface area (Å²) < 4.78 is 11.8. The van der Waals surface area contributed by atoms with Gasteiger partial charge in [0, 0.05) is 0 Å². The van der Waals surface area contributed by atoms with E-state index in [9.17, 15) is 9.90 Å². The Labute approximate surface area is 176 Å². The molecule has 154 valence electrons. The molecule has 0 aromatic heterocycles. The van der Waals surface area contributed by atoms with Gasteiger partial charge in [0.25, 0.3) is 0 Å². The quantitative estimate of drug-likeness (QED) is 0.343. The molecular formula is C25H25NO4. The summed E-state index contributed by atoms with van der Waals surface area (Å²) in [6, 6.07) is 19.3. The van der Waals surface area contributed by atoms with E-state index >= 15 is 0 Å². The predicted octanol–water partition coefficient (Wildman–Crippen LogP) is 6.20. The largest absolute Gasteiger partial charge is 0.494 e. The summed E-state index contributed by atoms with van der Waals surface area (Å²) in [7, 11) is 0. The second-order valence-electron chi connectivity index (χ2n) is 7.39. The molecule has 5 nitrogen and oxygen atoms in total. The fourth-order valence-corrected chi connectivity index (χ4v) is 3.50. The summed E-state index contributed by atoms with van der Waals surface area (Å²) in [4.78, 5) is 11.5. The van der Waals surface area contributed by atoms with Gasteiger partial charge in [-0.1, -0.05) is 37.6 Å². The fourth-order valence-electron chi connectivity index (χ4n) is 3.50.